The second kappa shape index (κ2) is 5.89. The largest absolute Gasteiger partial charge is 0.321 e. The Morgan fingerprint density at radius 1 is 1.11 bits per heavy atom. The molecule has 1 aromatic carbocycles. The van der Waals surface area contributed by atoms with Crippen LogP contribution in [0.25, 0.3) is 0 Å². The molecule has 1 saturated carbocycles. The van der Waals surface area contributed by atoms with E-state index in [1.807, 2.05) is 18.4 Å². The molecule has 1 saturated heterocycles. The molecular weight excluding hydrogens is 360 g/mol. The number of amides is 3. The number of fused-ring (bicyclic) bond motifs is 5. The van der Waals surface area contributed by atoms with Crippen molar-refractivity contribution in [3.8, 4) is 0 Å². The fourth-order valence-corrected chi connectivity index (χ4v) is 5.29. The van der Waals surface area contributed by atoms with Crippen LogP contribution in [0.4, 0.5) is 11.4 Å². The van der Waals surface area contributed by atoms with Gasteiger partial charge in [-0.3, -0.25) is 19.3 Å². The van der Waals surface area contributed by atoms with Crippen molar-refractivity contribution >= 4 is 40.4 Å². The number of anilines is 2. The van der Waals surface area contributed by atoms with Gasteiger partial charge in [0.25, 0.3) is 5.91 Å². The van der Waals surface area contributed by atoms with Crippen molar-refractivity contribution in [1.29, 1.82) is 0 Å². The van der Waals surface area contributed by atoms with Crippen LogP contribution in [0.2, 0.25) is 0 Å². The monoisotopic (exact) mass is 378 g/mol. The number of rotatable bonds is 3. The molecule has 1 N–H and O–H groups in total. The Kier molecular flexibility index (Phi) is 3.59. The van der Waals surface area contributed by atoms with E-state index in [2.05, 4.69) is 17.5 Å². The second-order valence-electron chi connectivity index (χ2n) is 7.44. The molecule has 27 heavy (non-hydrogen) atoms. The summed E-state index contributed by atoms with van der Waals surface area (Å²) in [5.41, 5.74) is 2.08. The first-order valence-electron chi connectivity index (χ1n) is 9.06. The molecule has 3 amide bonds. The molecule has 1 aromatic heterocycles. The van der Waals surface area contributed by atoms with Gasteiger partial charge in [0, 0.05) is 5.69 Å². The quantitative estimate of drug-likeness (QED) is 0.655. The summed E-state index contributed by atoms with van der Waals surface area (Å²) in [6, 6.07) is 8.91. The van der Waals surface area contributed by atoms with Crippen molar-refractivity contribution in [3.63, 3.8) is 0 Å². The highest BCUT2D eigenvalue weighted by Crippen LogP contribution is 2.53. The Labute approximate surface area is 160 Å². The van der Waals surface area contributed by atoms with Gasteiger partial charge in [0.1, 0.15) is 0 Å². The average molecular weight is 378 g/mol. The number of carbonyl (C=O) groups is 3. The maximum Gasteiger partial charge on any atom is 0.265 e. The summed E-state index contributed by atoms with van der Waals surface area (Å²) >= 11 is 1.38. The third kappa shape index (κ3) is 2.40. The number of benzene rings is 1. The van der Waals surface area contributed by atoms with E-state index in [-0.39, 0.29) is 41.4 Å². The molecule has 2 aromatic rings. The molecule has 0 spiro atoms. The summed E-state index contributed by atoms with van der Waals surface area (Å²) in [6.07, 6.45) is 5.11. The zero-order chi connectivity index (χ0) is 18.7. The Morgan fingerprint density at radius 2 is 1.81 bits per heavy atom. The first-order chi connectivity index (χ1) is 13.0. The SMILES string of the molecule is Cc1cc(N2C(=O)[C@@H]3[C@@H](C2=O)[C@H]2C=C[C@@H]3C2)ccc1NC(=O)c1cccs1. The molecule has 2 fully saturated rings. The van der Waals surface area contributed by atoms with Crippen LogP contribution in [0.1, 0.15) is 21.7 Å². The Morgan fingerprint density at radius 3 is 2.41 bits per heavy atom. The molecule has 0 radical (unpaired) electrons. The van der Waals surface area contributed by atoms with E-state index < -0.39 is 0 Å². The molecule has 6 heteroatoms. The van der Waals surface area contributed by atoms with Crippen LogP contribution in [0.3, 0.4) is 0 Å². The van der Waals surface area contributed by atoms with Crippen molar-refractivity contribution in [2.24, 2.45) is 23.7 Å². The number of nitrogens with zero attached hydrogens (tertiary/aromatic N) is 1. The summed E-state index contributed by atoms with van der Waals surface area (Å²) in [6.45, 7) is 1.87. The summed E-state index contributed by atoms with van der Waals surface area (Å²) < 4.78 is 0. The molecular formula is C21H18N2O3S. The van der Waals surface area contributed by atoms with Gasteiger partial charge in [-0.15, -0.1) is 11.3 Å². The number of carbonyl (C=O) groups excluding carboxylic acids is 3. The molecule has 5 rings (SSSR count). The van der Waals surface area contributed by atoms with Crippen molar-refractivity contribution < 1.29 is 14.4 Å². The maximum atomic E-state index is 12.9. The summed E-state index contributed by atoms with van der Waals surface area (Å²) in [4.78, 5) is 40.1. The maximum absolute atomic E-state index is 12.9. The molecule has 4 atom stereocenters. The summed E-state index contributed by atoms with van der Waals surface area (Å²) in [7, 11) is 0. The van der Waals surface area contributed by atoms with E-state index in [4.69, 9.17) is 0 Å². The Hall–Kier alpha value is -2.73. The third-order valence-electron chi connectivity index (χ3n) is 5.93. The topological polar surface area (TPSA) is 66.5 Å². The van der Waals surface area contributed by atoms with Crippen molar-refractivity contribution in [3.05, 3.63) is 58.3 Å². The van der Waals surface area contributed by atoms with E-state index in [0.717, 1.165) is 12.0 Å². The molecule has 1 aliphatic heterocycles. The minimum absolute atomic E-state index is 0.0865. The van der Waals surface area contributed by atoms with E-state index in [9.17, 15) is 14.4 Å². The van der Waals surface area contributed by atoms with E-state index in [1.165, 1.54) is 16.2 Å². The zero-order valence-electron chi connectivity index (χ0n) is 14.7. The number of hydrogen-bond acceptors (Lipinski definition) is 4. The molecule has 5 nitrogen and oxygen atoms in total. The Bertz CT molecular complexity index is 965. The predicted molar refractivity (Wildman–Crippen MR) is 104 cm³/mol. The molecule has 136 valence electrons. The number of thiophene rings is 1. The van der Waals surface area contributed by atoms with Gasteiger partial charge in [0.15, 0.2) is 0 Å². The summed E-state index contributed by atoms with van der Waals surface area (Å²) in [5.74, 6) is -0.338. The van der Waals surface area contributed by atoms with Gasteiger partial charge < -0.3 is 5.32 Å². The lowest BCUT2D eigenvalue weighted by molar-refractivity contribution is -0.123. The van der Waals surface area contributed by atoms with Crippen LogP contribution in [0.15, 0.2) is 47.9 Å². The van der Waals surface area contributed by atoms with Gasteiger partial charge in [-0.25, -0.2) is 0 Å². The van der Waals surface area contributed by atoms with Gasteiger partial charge >= 0.3 is 0 Å². The van der Waals surface area contributed by atoms with Crippen molar-refractivity contribution in [2.45, 2.75) is 13.3 Å². The van der Waals surface area contributed by atoms with Gasteiger partial charge in [-0.05, 0) is 60.4 Å². The normalized spacial score (nSPS) is 28.1. The molecule has 2 aliphatic carbocycles. The standard InChI is InChI=1S/C21H18N2O3S/c1-11-9-14(6-7-15(11)22-19(24)16-3-2-8-27-16)23-20(25)17-12-4-5-13(10-12)18(17)21(23)26/h2-9,12-13,17-18H,10H2,1H3,(H,22,24)/t12-,13+,17-,18-/m0/s1. The highest BCUT2D eigenvalue weighted by molar-refractivity contribution is 7.12. The summed E-state index contributed by atoms with van der Waals surface area (Å²) in [5, 5.41) is 4.75. The predicted octanol–water partition coefficient (Wildman–Crippen LogP) is 3.62. The number of hydrogen-bond donors (Lipinski definition) is 1. The lowest BCUT2D eigenvalue weighted by Crippen LogP contribution is -2.32. The number of imide groups is 1. The fraction of sp³-hybridized carbons (Fsp3) is 0.286. The first-order valence-corrected chi connectivity index (χ1v) is 9.94. The smallest absolute Gasteiger partial charge is 0.265 e. The molecule has 0 unspecified atom stereocenters. The molecule has 2 bridgehead atoms. The minimum Gasteiger partial charge on any atom is -0.321 e. The second-order valence-corrected chi connectivity index (χ2v) is 8.39. The first kappa shape index (κ1) is 16.4. The van der Waals surface area contributed by atoms with Gasteiger partial charge in [-0.1, -0.05) is 18.2 Å². The van der Waals surface area contributed by atoms with Gasteiger partial charge in [0.2, 0.25) is 11.8 Å². The van der Waals surface area contributed by atoms with Crippen LogP contribution in [-0.2, 0) is 9.59 Å². The third-order valence-corrected chi connectivity index (χ3v) is 6.80. The van der Waals surface area contributed by atoms with E-state index >= 15 is 0 Å². The lowest BCUT2D eigenvalue weighted by atomic mass is 9.85. The zero-order valence-corrected chi connectivity index (χ0v) is 15.5. The lowest BCUT2D eigenvalue weighted by Gasteiger charge is -2.19. The molecule has 3 aliphatic rings. The van der Waals surface area contributed by atoms with Crippen LogP contribution in [-0.4, -0.2) is 17.7 Å². The van der Waals surface area contributed by atoms with Gasteiger partial charge in [0.05, 0.1) is 22.4 Å². The van der Waals surface area contributed by atoms with Crippen LogP contribution >= 0.6 is 11.3 Å². The van der Waals surface area contributed by atoms with Gasteiger partial charge in [-0.2, -0.15) is 0 Å². The van der Waals surface area contributed by atoms with Crippen LogP contribution in [0.5, 0.6) is 0 Å². The average Bonchev–Trinajstić information content (AvgIpc) is 3.42. The van der Waals surface area contributed by atoms with E-state index in [0.29, 0.717) is 16.3 Å². The highest BCUT2D eigenvalue weighted by atomic mass is 32.1. The number of allylic oxidation sites excluding steroid dienone is 2. The van der Waals surface area contributed by atoms with Crippen LogP contribution < -0.4 is 10.2 Å². The van der Waals surface area contributed by atoms with Crippen LogP contribution in [0, 0.1) is 30.6 Å². The van der Waals surface area contributed by atoms with E-state index in [1.54, 1.807) is 24.3 Å². The highest BCUT2D eigenvalue weighted by Gasteiger charge is 2.59. The number of aryl methyl sites for hydroxylation is 1. The number of nitrogens with one attached hydrogen (secondary N) is 1. The molecule has 2 heterocycles. The Balaban J connectivity index is 1.40. The van der Waals surface area contributed by atoms with Crippen molar-refractivity contribution in [1.82, 2.24) is 0 Å². The minimum atomic E-state index is -0.203. The fourth-order valence-electron chi connectivity index (χ4n) is 4.68. The van der Waals surface area contributed by atoms with Crippen molar-refractivity contribution in [2.75, 3.05) is 10.2 Å².